The van der Waals surface area contributed by atoms with E-state index in [1.165, 1.54) is 0 Å². The molecule has 1 aliphatic heterocycles. The Morgan fingerprint density at radius 2 is 2.27 bits per heavy atom. The van der Waals surface area contributed by atoms with Crippen LogP contribution in [0.25, 0.3) is 0 Å². The first-order chi connectivity index (χ1) is 4.99. The van der Waals surface area contributed by atoms with Gasteiger partial charge >= 0.3 is 0 Å². The summed E-state index contributed by atoms with van der Waals surface area (Å²) in [5, 5.41) is 8.67. The zero-order valence-corrected chi connectivity index (χ0v) is 6.11. The van der Waals surface area contributed by atoms with Gasteiger partial charge in [-0.25, -0.2) is 0 Å². The number of nitrogens with zero attached hydrogens (tertiary/aromatic N) is 1. The first kappa shape index (κ1) is 8.21. The fourth-order valence-corrected chi connectivity index (χ4v) is 1.75. The highest BCUT2D eigenvalue weighted by molar-refractivity contribution is 7.87. The number of hydrogen-bond donors (Lipinski definition) is 0. The smallest absolute Gasteiger partial charge is 0.294 e. The van der Waals surface area contributed by atoms with Crippen LogP contribution in [-0.4, -0.2) is 32.0 Å². The minimum absolute atomic E-state index is 0.274. The summed E-state index contributed by atoms with van der Waals surface area (Å²) in [6, 6.07) is 0. The lowest BCUT2D eigenvalue weighted by atomic mass is 10.4. The number of hydrogen-bond acceptors (Lipinski definition) is 6. The molecule has 8 heteroatoms. The normalized spacial score (nSPS) is 28.2. The van der Waals surface area contributed by atoms with Crippen molar-refractivity contribution in [1.29, 1.82) is 0 Å². The van der Waals surface area contributed by atoms with Gasteiger partial charge in [0.05, 0.1) is 6.61 Å². The molecule has 1 heterocycles. The van der Waals surface area contributed by atoms with Gasteiger partial charge in [0.1, 0.15) is 11.9 Å². The summed E-state index contributed by atoms with van der Waals surface area (Å²) >= 11 is 0. The molecule has 1 saturated heterocycles. The highest BCUT2D eigenvalue weighted by atomic mass is 32.2. The zero-order chi connectivity index (χ0) is 8.48. The van der Waals surface area contributed by atoms with Gasteiger partial charge in [0.2, 0.25) is 0 Å². The van der Waals surface area contributed by atoms with Crippen LogP contribution in [0.15, 0.2) is 0 Å². The summed E-state index contributed by atoms with van der Waals surface area (Å²) in [7, 11) is -3.57. The van der Waals surface area contributed by atoms with Crippen LogP contribution in [0, 0.1) is 10.1 Å². The van der Waals surface area contributed by atoms with Crippen molar-refractivity contribution in [3.63, 3.8) is 0 Å². The molecule has 7 nitrogen and oxygen atoms in total. The lowest BCUT2D eigenvalue weighted by Gasteiger charge is -1.99. The van der Waals surface area contributed by atoms with E-state index < -0.39 is 27.1 Å². The molecule has 1 fully saturated rings. The van der Waals surface area contributed by atoms with Crippen LogP contribution in [0.3, 0.4) is 0 Å². The molecule has 0 aliphatic carbocycles. The third-order valence-corrected chi connectivity index (χ3v) is 2.33. The molecule has 1 unspecified atom stereocenters. The molecular formula is C3H5NO6S. The topological polar surface area (TPSA) is 95.7 Å². The van der Waals surface area contributed by atoms with Gasteiger partial charge in [0, 0.05) is 0 Å². The van der Waals surface area contributed by atoms with Crippen LogP contribution >= 0.6 is 0 Å². The van der Waals surface area contributed by atoms with E-state index in [1.54, 1.807) is 0 Å². The van der Waals surface area contributed by atoms with E-state index in [0.29, 0.717) is 0 Å². The van der Waals surface area contributed by atoms with Gasteiger partial charge in [-0.05, 0) is 0 Å². The van der Waals surface area contributed by atoms with E-state index in [-0.39, 0.29) is 6.61 Å². The molecule has 0 aromatic rings. The van der Waals surface area contributed by atoms with Crippen molar-refractivity contribution in [2.75, 3.05) is 12.4 Å². The van der Waals surface area contributed by atoms with Crippen LogP contribution in [0.5, 0.6) is 0 Å². The molecule has 0 spiro atoms. The lowest BCUT2D eigenvalue weighted by Crippen LogP contribution is -2.20. The summed E-state index contributed by atoms with van der Waals surface area (Å²) in [6.45, 7) is -0.274. The second-order valence-corrected chi connectivity index (χ2v) is 3.64. The van der Waals surface area contributed by atoms with Crippen molar-refractivity contribution >= 4 is 10.1 Å². The first-order valence-corrected chi connectivity index (χ1v) is 4.25. The Hall–Kier alpha value is -0.890. The van der Waals surface area contributed by atoms with Crippen LogP contribution in [0.4, 0.5) is 0 Å². The van der Waals surface area contributed by atoms with Crippen molar-refractivity contribution in [1.82, 2.24) is 0 Å². The van der Waals surface area contributed by atoms with Crippen LogP contribution < -0.4 is 0 Å². The quantitative estimate of drug-likeness (QED) is 0.307. The average molecular weight is 183 g/mol. The molecule has 0 N–H and O–H groups in total. The molecule has 0 amide bonds. The van der Waals surface area contributed by atoms with Gasteiger partial charge < -0.3 is 4.84 Å². The molecule has 0 aromatic carbocycles. The maximum Gasteiger partial charge on any atom is 0.294 e. The molecule has 0 bridgehead atoms. The summed E-state index contributed by atoms with van der Waals surface area (Å²) < 4.78 is 25.2. The highest BCUT2D eigenvalue weighted by Crippen LogP contribution is 2.10. The van der Waals surface area contributed by atoms with Gasteiger partial charge in [-0.3, -0.25) is 4.18 Å². The molecule has 1 aliphatic rings. The minimum Gasteiger partial charge on any atom is -0.307 e. The molecule has 0 saturated carbocycles. The standard InChI is InChI=1S/C3H5NO6S/c5-4(6)10-3-1-9-11(7,8)2-3/h3H,1-2H2. The largest absolute Gasteiger partial charge is 0.307 e. The van der Waals surface area contributed by atoms with Gasteiger partial charge in [0.25, 0.3) is 15.2 Å². The zero-order valence-electron chi connectivity index (χ0n) is 5.30. The number of rotatable bonds is 2. The maximum atomic E-state index is 10.5. The molecule has 0 aromatic heterocycles. The molecule has 11 heavy (non-hydrogen) atoms. The molecule has 0 radical (unpaired) electrons. The second kappa shape index (κ2) is 2.62. The van der Waals surface area contributed by atoms with Crippen molar-refractivity contribution in [2.24, 2.45) is 0 Å². The van der Waals surface area contributed by atoms with Crippen molar-refractivity contribution in [3.8, 4) is 0 Å². The van der Waals surface area contributed by atoms with Crippen molar-refractivity contribution in [2.45, 2.75) is 6.10 Å². The van der Waals surface area contributed by atoms with Crippen LogP contribution in [0.2, 0.25) is 0 Å². The van der Waals surface area contributed by atoms with Gasteiger partial charge in [0.15, 0.2) is 0 Å². The maximum absolute atomic E-state index is 10.5. The van der Waals surface area contributed by atoms with E-state index >= 15 is 0 Å². The Labute approximate surface area is 62.1 Å². The van der Waals surface area contributed by atoms with Crippen LogP contribution in [0.1, 0.15) is 0 Å². The summed E-state index contributed by atoms with van der Waals surface area (Å²) in [6.07, 6.45) is -0.977. The SMILES string of the molecule is O=[N+]([O-])OC1COS(=O)(=O)C1. The Kier molecular flexibility index (Phi) is 1.96. The van der Waals surface area contributed by atoms with Gasteiger partial charge in [-0.15, -0.1) is 10.1 Å². The molecular weight excluding hydrogens is 178 g/mol. The lowest BCUT2D eigenvalue weighted by molar-refractivity contribution is -0.767. The Morgan fingerprint density at radius 1 is 1.64 bits per heavy atom. The third-order valence-electron chi connectivity index (χ3n) is 1.06. The second-order valence-electron chi connectivity index (χ2n) is 1.96. The molecule has 1 rings (SSSR count). The average Bonchev–Trinajstić information content (AvgIpc) is 2.08. The van der Waals surface area contributed by atoms with E-state index in [9.17, 15) is 18.5 Å². The van der Waals surface area contributed by atoms with Crippen molar-refractivity contribution < 1.29 is 22.5 Å². The predicted octanol–water partition coefficient (Wildman–Crippen LogP) is -1.08. The summed E-state index contributed by atoms with van der Waals surface area (Å²) in [5.41, 5.74) is 0. The van der Waals surface area contributed by atoms with E-state index in [0.717, 1.165) is 0 Å². The third kappa shape index (κ3) is 2.31. The van der Waals surface area contributed by atoms with Gasteiger partial charge in [-0.2, -0.15) is 8.42 Å². The van der Waals surface area contributed by atoms with Gasteiger partial charge in [-0.1, -0.05) is 0 Å². The Morgan fingerprint density at radius 3 is 2.64 bits per heavy atom. The molecule has 64 valence electrons. The fourth-order valence-electron chi connectivity index (χ4n) is 0.686. The van der Waals surface area contributed by atoms with E-state index in [4.69, 9.17) is 0 Å². The minimum atomic E-state index is -3.57. The predicted molar refractivity (Wildman–Crippen MR) is 31.6 cm³/mol. The Balaban J connectivity index is 2.49. The molecule has 1 atom stereocenters. The van der Waals surface area contributed by atoms with Crippen molar-refractivity contribution in [3.05, 3.63) is 10.1 Å². The highest BCUT2D eigenvalue weighted by Gasteiger charge is 2.31. The monoisotopic (exact) mass is 183 g/mol. The Bertz CT molecular complexity index is 257. The van der Waals surface area contributed by atoms with E-state index in [1.807, 2.05) is 0 Å². The van der Waals surface area contributed by atoms with Crippen LogP contribution in [-0.2, 0) is 19.1 Å². The summed E-state index contributed by atoms with van der Waals surface area (Å²) in [5.74, 6) is -0.450. The first-order valence-electron chi connectivity index (χ1n) is 2.68. The van der Waals surface area contributed by atoms with E-state index in [2.05, 4.69) is 9.02 Å². The summed E-state index contributed by atoms with van der Waals surface area (Å²) in [4.78, 5) is 13.7. The fraction of sp³-hybridized carbons (Fsp3) is 1.00.